The van der Waals surface area contributed by atoms with E-state index in [1.165, 1.54) is 5.56 Å². The Morgan fingerprint density at radius 2 is 2.37 bits per heavy atom. The van der Waals surface area contributed by atoms with Gasteiger partial charge in [0, 0.05) is 18.7 Å². The summed E-state index contributed by atoms with van der Waals surface area (Å²) in [4.78, 5) is 0. The van der Waals surface area contributed by atoms with Crippen LogP contribution >= 0.6 is 0 Å². The molecule has 2 heterocycles. The quantitative estimate of drug-likeness (QED) is 0.736. The summed E-state index contributed by atoms with van der Waals surface area (Å²) in [5.41, 5.74) is 1.23. The van der Waals surface area contributed by atoms with E-state index in [1.807, 2.05) is 6.92 Å². The SMILES string of the molecule is CCCNCc1cc(COCC2CCCO2)oc1C. The van der Waals surface area contributed by atoms with Crippen LogP contribution in [0.2, 0.25) is 0 Å². The van der Waals surface area contributed by atoms with E-state index in [0.717, 1.165) is 50.5 Å². The summed E-state index contributed by atoms with van der Waals surface area (Å²) < 4.78 is 16.9. The monoisotopic (exact) mass is 267 g/mol. The van der Waals surface area contributed by atoms with E-state index in [4.69, 9.17) is 13.9 Å². The lowest BCUT2D eigenvalue weighted by Gasteiger charge is -2.08. The van der Waals surface area contributed by atoms with Crippen LogP contribution in [0.4, 0.5) is 0 Å². The van der Waals surface area contributed by atoms with Gasteiger partial charge in [0.25, 0.3) is 0 Å². The molecule has 0 spiro atoms. The Hall–Kier alpha value is -0.840. The number of hydrogen-bond donors (Lipinski definition) is 1. The largest absolute Gasteiger partial charge is 0.464 e. The van der Waals surface area contributed by atoms with Crippen molar-refractivity contribution >= 4 is 0 Å². The minimum atomic E-state index is 0.279. The Balaban J connectivity index is 1.72. The van der Waals surface area contributed by atoms with Crippen LogP contribution in [0.15, 0.2) is 10.5 Å². The fourth-order valence-corrected chi connectivity index (χ4v) is 2.30. The third-order valence-corrected chi connectivity index (χ3v) is 3.39. The molecule has 1 saturated heterocycles. The number of nitrogens with one attached hydrogen (secondary N) is 1. The zero-order chi connectivity index (χ0) is 13.5. The van der Waals surface area contributed by atoms with Crippen LogP contribution in [0, 0.1) is 6.92 Å². The highest BCUT2D eigenvalue weighted by Gasteiger charge is 2.15. The number of aryl methyl sites for hydroxylation is 1. The first-order chi connectivity index (χ1) is 9.29. The summed E-state index contributed by atoms with van der Waals surface area (Å²) in [7, 11) is 0. The molecule has 2 rings (SSSR count). The maximum absolute atomic E-state index is 5.70. The summed E-state index contributed by atoms with van der Waals surface area (Å²) in [6, 6.07) is 2.09. The van der Waals surface area contributed by atoms with E-state index in [-0.39, 0.29) is 6.10 Å². The first kappa shape index (κ1) is 14.6. The van der Waals surface area contributed by atoms with E-state index < -0.39 is 0 Å². The van der Waals surface area contributed by atoms with Gasteiger partial charge in [-0.1, -0.05) is 6.92 Å². The minimum Gasteiger partial charge on any atom is -0.464 e. The topological polar surface area (TPSA) is 43.6 Å². The van der Waals surface area contributed by atoms with Crippen LogP contribution in [0.5, 0.6) is 0 Å². The standard InChI is InChI=1S/C15H25NO3/c1-3-6-16-9-13-8-15(19-12(13)2)11-17-10-14-5-4-7-18-14/h8,14,16H,3-7,9-11H2,1-2H3. The van der Waals surface area contributed by atoms with Gasteiger partial charge in [-0.25, -0.2) is 0 Å². The van der Waals surface area contributed by atoms with Crippen molar-refractivity contribution < 1.29 is 13.9 Å². The van der Waals surface area contributed by atoms with E-state index in [9.17, 15) is 0 Å². The van der Waals surface area contributed by atoms with Crippen molar-refractivity contribution in [3.8, 4) is 0 Å². The first-order valence-electron chi connectivity index (χ1n) is 7.28. The minimum absolute atomic E-state index is 0.279. The molecule has 0 radical (unpaired) electrons. The Morgan fingerprint density at radius 3 is 3.11 bits per heavy atom. The van der Waals surface area contributed by atoms with Crippen LogP contribution in [-0.2, 0) is 22.6 Å². The van der Waals surface area contributed by atoms with Crippen LogP contribution in [-0.4, -0.2) is 25.9 Å². The molecule has 4 heteroatoms. The smallest absolute Gasteiger partial charge is 0.130 e. The maximum atomic E-state index is 5.70. The van der Waals surface area contributed by atoms with Gasteiger partial charge in [-0.3, -0.25) is 0 Å². The van der Waals surface area contributed by atoms with Gasteiger partial charge in [-0.2, -0.15) is 0 Å². The fourth-order valence-electron chi connectivity index (χ4n) is 2.30. The Kier molecular flexibility index (Phi) is 5.89. The Bertz CT molecular complexity index is 369. The average Bonchev–Trinajstić information content (AvgIpc) is 3.01. The summed E-state index contributed by atoms with van der Waals surface area (Å²) >= 11 is 0. The maximum Gasteiger partial charge on any atom is 0.130 e. The number of hydrogen-bond acceptors (Lipinski definition) is 4. The molecule has 1 atom stereocenters. The molecule has 0 aliphatic carbocycles. The summed E-state index contributed by atoms with van der Waals surface area (Å²) in [5, 5.41) is 3.39. The van der Waals surface area contributed by atoms with Gasteiger partial charge in [0.05, 0.1) is 12.7 Å². The number of furan rings is 1. The predicted molar refractivity (Wildman–Crippen MR) is 74.1 cm³/mol. The molecule has 19 heavy (non-hydrogen) atoms. The third-order valence-electron chi connectivity index (χ3n) is 3.39. The van der Waals surface area contributed by atoms with Crippen molar-refractivity contribution in [1.29, 1.82) is 0 Å². The van der Waals surface area contributed by atoms with Gasteiger partial charge >= 0.3 is 0 Å². The van der Waals surface area contributed by atoms with Crippen LogP contribution in [0.1, 0.15) is 43.3 Å². The molecule has 1 unspecified atom stereocenters. The van der Waals surface area contributed by atoms with Crippen LogP contribution in [0.25, 0.3) is 0 Å². The van der Waals surface area contributed by atoms with E-state index in [0.29, 0.717) is 13.2 Å². The van der Waals surface area contributed by atoms with Crippen molar-refractivity contribution in [2.75, 3.05) is 19.8 Å². The molecule has 0 saturated carbocycles. The van der Waals surface area contributed by atoms with Crippen molar-refractivity contribution in [3.05, 3.63) is 23.2 Å². The van der Waals surface area contributed by atoms with Crippen molar-refractivity contribution in [2.45, 2.75) is 52.4 Å². The summed E-state index contributed by atoms with van der Waals surface area (Å²) in [6.45, 7) is 8.16. The lowest BCUT2D eigenvalue weighted by atomic mass is 10.2. The van der Waals surface area contributed by atoms with Crippen molar-refractivity contribution in [1.82, 2.24) is 5.32 Å². The van der Waals surface area contributed by atoms with E-state index >= 15 is 0 Å². The molecule has 1 fully saturated rings. The second kappa shape index (κ2) is 7.68. The molecule has 4 nitrogen and oxygen atoms in total. The molecular weight excluding hydrogens is 242 g/mol. The molecule has 1 N–H and O–H groups in total. The van der Waals surface area contributed by atoms with E-state index in [2.05, 4.69) is 18.3 Å². The zero-order valence-electron chi connectivity index (χ0n) is 12.0. The second-order valence-corrected chi connectivity index (χ2v) is 5.12. The van der Waals surface area contributed by atoms with Gasteiger partial charge < -0.3 is 19.2 Å². The number of rotatable bonds is 8. The molecular formula is C15H25NO3. The second-order valence-electron chi connectivity index (χ2n) is 5.12. The predicted octanol–water partition coefficient (Wildman–Crippen LogP) is 2.78. The van der Waals surface area contributed by atoms with Gasteiger partial charge in [-0.15, -0.1) is 0 Å². The molecule has 1 aliphatic rings. The highest BCUT2D eigenvalue weighted by atomic mass is 16.5. The molecule has 1 aromatic heterocycles. The first-order valence-corrected chi connectivity index (χ1v) is 7.28. The van der Waals surface area contributed by atoms with Crippen molar-refractivity contribution in [3.63, 3.8) is 0 Å². The lowest BCUT2D eigenvalue weighted by Crippen LogP contribution is -2.14. The Morgan fingerprint density at radius 1 is 1.47 bits per heavy atom. The normalized spacial score (nSPS) is 19.2. The number of ether oxygens (including phenoxy) is 2. The molecule has 0 amide bonds. The molecule has 1 aliphatic heterocycles. The van der Waals surface area contributed by atoms with E-state index in [1.54, 1.807) is 0 Å². The lowest BCUT2D eigenvalue weighted by molar-refractivity contribution is 0.00566. The highest BCUT2D eigenvalue weighted by molar-refractivity contribution is 5.20. The Labute approximate surface area is 115 Å². The van der Waals surface area contributed by atoms with Crippen LogP contribution < -0.4 is 5.32 Å². The fraction of sp³-hybridized carbons (Fsp3) is 0.733. The van der Waals surface area contributed by atoms with Crippen molar-refractivity contribution in [2.24, 2.45) is 0 Å². The van der Waals surface area contributed by atoms with Gasteiger partial charge in [-0.05, 0) is 38.8 Å². The highest BCUT2D eigenvalue weighted by Crippen LogP contribution is 2.17. The van der Waals surface area contributed by atoms with Gasteiger partial charge in [0.2, 0.25) is 0 Å². The van der Waals surface area contributed by atoms with Gasteiger partial charge in [0.1, 0.15) is 18.1 Å². The molecule has 108 valence electrons. The molecule has 1 aromatic rings. The average molecular weight is 267 g/mol. The molecule has 0 bridgehead atoms. The summed E-state index contributed by atoms with van der Waals surface area (Å²) in [6.07, 6.45) is 3.69. The third kappa shape index (κ3) is 4.64. The van der Waals surface area contributed by atoms with Gasteiger partial charge in [0.15, 0.2) is 0 Å². The summed E-state index contributed by atoms with van der Waals surface area (Å²) in [5.74, 6) is 1.89. The molecule has 0 aromatic carbocycles. The zero-order valence-corrected chi connectivity index (χ0v) is 12.0. The van der Waals surface area contributed by atoms with Crippen LogP contribution in [0.3, 0.4) is 0 Å².